The first-order valence-corrected chi connectivity index (χ1v) is 8.08. The summed E-state index contributed by atoms with van der Waals surface area (Å²) in [7, 11) is 0. The Morgan fingerprint density at radius 2 is 2.04 bits per heavy atom. The van der Waals surface area contributed by atoms with Gasteiger partial charge in [-0.1, -0.05) is 11.6 Å². The molecule has 2 aromatic heterocycles. The summed E-state index contributed by atoms with van der Waals surface area (Å²) in [6.45, 7) is 4.10. The molecule has 0 aromatic carbocycles. The normalized spacial score (nSPS) is 17.7. The van der Waals surface area contributed by atoms with Crippen LogP contribution < -0.4 is 9.80 Å². The highest BCUT2D eigenvalue weighted by molar-refractivity contribution is 7.10. The monoisotopic (exact) mass is 345 g/mol. The molecule has 3 heterocycles. The first-order chi connectivity index (χ1) is 11.2. The van der Waals surface area contributed by atoms with E-state index in [9.17, 15) is 5.26 Å². The smallest absolute Gasteiger partial charge is 0.183 e. The molecule has 9 heteroatoms. The summed E-state index contributed by atoms with van der Waals surface area (Å²) in [6.07, 6.45) is 3.10. The standard InChI is InChI=1S/C14H12ClN7S/c1-9-8-21(13-11(7-17)18-2-3-19-13)4-5-22(9)14-10(6-16)12(15)20-23-14/h2-3,9H,4-5,8H2,1H3. The lowest BCUT2D eigenvalue weighted by Gasteiger charge is -2.40. The van der Waals surface area contributed by atoms with Crippen LogP contribution in [0, 0.1) is 22.7 Å². The average Bonchev–Trinajstić information content (AvgIpc) is 2.95. The SMILES string of the molecule is CC1CN(c2nccnc2C#N)CCN1c1snc(Cl)c1C#N. The number of nitrogens with zero attached hydrogens (tertiary/aromatic N) is 7. The summed E-state index contributed by atoms with van der Waals surface area (Å²) in [6, 6.07) is 4.32. The third-order valence-electron chi connectivity index (χ3n) is 3.72. The third-order valence-corrected chi connectivity index (χ3v) is 4.98. The number of hydrogen-bond acceptors (Lipinski definition) is 8. The average molecular weight is 346 g/mol. The van der Waals surface area contributed by atoms with Gasteiger partial charge >= 0.3 is 0 Å². The Labute approximate surface area is 142 Å². The molecule has 3 rings (SSSR count). The van der Waals surface area contributed by atoms with E-state index in [1.807, 2.05) is 4.90 Å². The Morgan fingerprint density at radius 3 is 2.74 bits per heavy atom. The van der Waals surface area contributed by atoms with Crippen molar-refractivity contribution in [2.24, 2.45) is 0 Å². The number of anilines is 2. The van der Waals surface area contributed by atoms with Crippen LogP contribution in [-0.4, -0.2) is 40.0 Å². The molecule has 0 N–H and O–H groups in total. The summed E-state index contributed by atoms with van der Waals surface area (Å²) < 4.78 is 4.07. The highest BCUT2D eigenvalue weighted by Gasteiger charge is 2.29. The fraction of sp³-hybridized carbons (Fsp3) is 0.357. The van der Waals surface area contributed by atoms with Crippen LogP contribution in [0.3, 0.4) is 0 Å². The minimum atomic E-state index is 0.126. The van der Waals surface area contributed by atoms with Crippen molar-refractivity contribution >= 4 is 34.0 Å². The van der Waals surface area contributed by atoms with Gasteiger partial charge < -0.3 is 9.80 Å². The van der Waals surface area contributed by atoms with Gasteiger partial charge in [0.15, 0.2) is 16.7 Å². The molecule has 1 atom stereocenters. The van der Waals surface area contributed by atoms with Gasteiger partial charge in [0, 0.05) is 38.1 Å². The van der Waals surface area contributed by atoms with Gasteiger partial charge in [-0.15, -0.1) is 0 Å². The zero-order valence-corrected chi connectivity index (χ0v) is 13.8. The number of halogens is 1. The van der Waals surface area contributed by atoms with Gasteiger partial charge in [0.2, 0.25) is 0 Å². The Morgan fingerprint density at radius 1 is 1.26 bits per heavy atom. The molecule has 23 heavy (non-hydrogen) atoms. The molecule has 116 valence electrons. The molecule has 0 radical (unpaired) electrons. The lowest BCUT2D eigenvalue weighted by Crippen LogP contribution is -2.52. The second kappa shape index (κ2) is 6.37. The van der Waals surface area contributed by atoms with Gasteiger partial charge in [0.25, 0.3) is 0 Å². The molecule has 0 aliphatic carbocycles. The lowest BCUT2D eigenvalue weighted by molar-refractivity contribution is 0.549. The van der Waals surface area contributed by atoms with Gasteiger partial charge in [-0.05, 0) is 18.5 Å². The number of piperazine rings is 1. The molecule has 0 amide bonds. The number of nitriles is 2. The van der Waals surface area contributed by atoms with Crippen molar-refractivity contribution in [3.63, 3.8) is 0 Å². The van der Waals surface area contributed by atoms with Crippen molar-refractivity contribution < 1.29 is 0 Å². The highest BCUT2D eigenvalue weighted by Crippen LogP contribution is 2.34. The van der Waals surface area contributed by atoms with E-state index in [1.54, 1.807) is 6.20 Å². The van der Waals surface area contributed by atoms with E-state index in [2.05, 4.69) is 38.3 Å². The lowest BCUT2D eigenvalue weighted by atomic mass is 10.1. The minimum Gasteiger partial charge on any atom is -0.355 e. The fourth-order valence-electron chi connectivity index (χ4n) is 2.65. The van der Waals surface area contributed by atoms with Crippen LogP contribution in [0.5, 0.6) is 0 Å². The summed E-state index contributed by atoms with van der Waals surface area (Å²) in [5, 5.41) is 19.5. The molecule has 1 aliphatic rings. The van der Waals surface area contributed by atoms with Crippen molar-refractivity contribution in [3.05, 3.63) is 28.8 Å². The predicted molar refractivity (Wildman–Crippen MR) is 87.6 cm³/mol. The Kier molecular flexibility index (Phi) is 4.28. The molecule has 0 bridgehead atoms. The number of hydrogen-bond donors (Lipinski definition) is 0. The molecule has 0 spiro atoms. The number of rotatable bonds is 2. The van der Waals surface area contributed by atoms with Crippen LogP contribution >= 0.6 is 23.1 Å². The Balaban J connectivity index is 1.83. The van der Waals surface area contributed by atoms with Crippen molar-refractivity contribution in [2.45, 2.75) is 13.0 Å². The molecule has 0 saturated carbocycles. The molecule has 2 aromatic rings. The van der Waals surface area contributed by atoms with Crippen molar-refractivity contribution in [1.29, 1.82) is 10.5 Å². The maximum atomic E-state index is 9.24. The summed E-state index contributed by atoms with van der Waals surface area (Å²) in [4.78, 5) is 12.5. The predicted octanol–water partition coefficient (Wildman–Crippen LogP) is 2.04. The van der Waals surface area contributed by atoms with E-state index in [0.29, 0.717) is 36.7 Å². The number of aromatic nitrogens is 3. The highest BCUT2D eigenvalue weighted by atomic mass is 35.5. The van der Waals surface area contributed by atoms with Crippen molar-refractivity contribution in [1.82, 2.24) is 14.3 Å². The molecule has 7 nitrogen and oxygen atoms in total. The van der Waals surface area contributed by atoms with Crippen molar-refractivity contribution in [3.8, 4) is 12.1 Å². The van der Waals surface area contributed by atoms with Crippen LogP contribution in [0.1, 0.15) is 18.2 Å². The molecule has 1 unspecified atom stereocenters. The van der Waals surface area contributed by atoms with Gasteiger partial charge in [0.1, 0.15) is 22.7 Å². The van der Waals surface area contributed by atoms with Gasteiger partial charge in [-0.3, -0.25) is 0 Å². The summed E-state index contributed by atoms with van der Waals surface area (Å²) in [5.74, 6) is 0.601. The zero-order chi connectivity index (χ0) is 16.4. The van der Waals surface area contributed by atoms with Gasteiger partial charge in [-0.25, -0.2) is 9.97 Å². The van der Waals surface area contributed by atoms with Crippen LogP contribution in [0.4, 0.5) is 10.8 Å². The minimum absolute atomic E-state index is 0.126. The molecule has 1 aliphatic heterocycles. The maximum absolute atomic E-state index is 9.24. The Hall–Kier alpha value is -2.42. The van der Waals surface area contributed by atoms with Crippen LogP contribution in [0.25, 0.3) is 0 Å². The molecular formula is C14H12ClN7S. The topological polar surface area (TPSA) is 92.7 Å². The first kappa shape index (κ1) is 15.5. The summed E-state index contributed by atoms with van der Waals surface area (Å²) in [5.41, 5.74) is 0.751. The molecule has 1 fully saturated rings. The van der Waals surface area contributed by atoms with Gasteiger partial charge in [-0.2, -0.15) is 14.9 Å². The van der Waals surface area contributed by atoms with Crippen LogP contribution in [0.15, 0.2) is 12.4 Å². The van der Waals surface area contributed by atoms with Crippen LogP contribution in [0.2, 0.25) is 5.15 Å². The van der Waals surface area contributed by atoms with E-state index >= 15 is 0 Å². The quantitative estimate of drug-likeness (QED) is 0.822. The maximum Gasteiger partial charge on any atom is 0.183 e. The van der Waals surface area contributed by atoms with E-state index in [1.165, 1.54) is 17.7 Å². The largest absolute Gasteiger partial charge is 0.355 e. The van der Waals surface area contributed by atoms with E-state index < -0.39 is 0 Å². The van der Waals surface area contributed by atoms with E-state index in [4.69, 9.17) is 16.9 Å². The summed E-state index contributed by atoms with van der Waals surface area (Å²) >= 11 is 7.20. The molecular weight excluding hydrogens is 334 g/mol. The first-order valence-electron chi connectivity index (χ1n) is 6.93. The molecule has 1 saturated heterocycles. The van der Waals surface area contributed by atoms with E-state index in [-0.39, 0.29) is 11.2 Å². The zero-order valence-electron chi connectivity index (χ0n) is 12.3. The second-order valence-corrected chi connectivity index (χ2v) is 6.20. The fourth-order valence-corrected chi connectivity index (χ4v) is 3.80. The van der Waals surface area contributed by atoms with Crippen LogP contribution in [-0.2, 0) is 0 Å². The Bertz CT molecular complexity index is 806. The second-order valence-electron chi connectivity index (χ2n) is 5.09. The van der Waals surface area contributed by atoms with Gasteiger partial charge in [0.05, 0.1) is 0 Å². The van der Waals surface area contributed by atoms with Crippen molar-refractivity contribution in [2.75, 3.05) is 29.4 Å². The third kappa shape index (κ3) is 2.79. The van der Waals surface area contributed by atoms with E-state index in [0.717, 1.165) is 5.00 Å².